The molecule has 1 aliphatic rings. The van der Waals surface area contributed by atoms with E-state index < -0.39 is 17.6 Å². The lowest BCUT2D eigenvalue weighted by atomic mass is 9.90. The zero-order valence-corrected chi connectivity index (χ0v) is 13.3. The smallest absolute Gasteiger partial charge is 0.365 e. The van der Waals surface area contributed by atoms with Gasteiger partial charge in [0, 0.05) is 12.0 Å². The van der Waals surface area contributed by atoms with Crippen molar-refractivity contribution in [2.45, 2.75) is 37.4 Å². The quantitative estimate of drug-likeness (QED) is 0.886. The Morgan fingerprint density at radius 1 is 1.20 bits per heavy atom. The maximum Gasteiger partial charge on any atom is 0.416 e. The lowest BCUT2D eigenvalue weighted by Gasteiger charge is -2.24. The molecule has 1 aromatic heterocycles. The Kier molecular flexibility index (Phi) is 4.61. The van der Waals surface area contributed by atoms with E-state index in [2.05, 4.69) is 15.3 Å². The minimum absolute atomic E-state index is 0.00948. The molecule has 2 atom stereocenters. The van der Waals surface area contributed by atoms with Gasteiger partial charge in [0.25, 0.3) is 5.91 Å². The third-order valence-electron chi connectivity index (χ3n) is 4.40. The summed E-state index contributed by atoms with van der Waals surface area (Å²) in [7, 11) is 0. The molecule has 0 spiro atoms. The first-order valence-corrected chi connectivity index (χ1v) is 7.91. The van der Waals surface area contributed by atoms with E-state index in [-0.39, 0.29) is 23.2 Å². The van der Waals surface area contributed by atoms with Gasteiger partial charge in [-0.2, -0.15) is 13.2 Å². The van der Waals surface area contributed by atoms with E-state index in [4.69, 9.17) is 5.73 Å². The summed E-state index contributed by atoms with van der Waals surface area (Å²) in [6.45, 7) is 0. The number of halogens is 3. The summed E-state index contributed by atoms with van der Waals surface area (Å²) in [4.78, 5) is 19.2. The fraction of sp³-hybridized carbons (Fsp3) is 0.353. The molecule has 132 valence electrons. The first-order valence-electron chi connectivity index (χ1n) is 7.91. The van der Waals surface area contributed by atoms with Crippen LogP contribution in [0.25, 0.3) is 0 Å². The number of hydrogen-bond donors (Lipinski definition) is 2. The summed E-state index contributed by atoms with van der Waals surface area (Å²) in [5.41, 5.74) is 4.87. The topological polar surface area (TPSA) is 80.9 Å². The number of nitrogens with two attached hydrogens (primary N) is 1. The van der Waals surface area contributed by atoms with Crippen LogP contribution in [0.1, 0.15) is 46.8 Å². The Labute approximate surface area is 142 Å². The number of anilines is 1. The minimum atomic E-state index is -4.39. The van der Waals surface area contributed by atoms with Crippen LogP contribution in [-0.2, 0) is 6.18 Å². The maximum atomic E-state index is 13.3. The number of carbonyl (C=O) groups excluding carboxylic acids is 1. The predicted octanol–water partition coefficient (Wildman–Crippen LogP) is 3.34. The molecule has 8 heteroatoms. The van der Waals surface area contributed by atoms with Gasteiger partial charge in [-0.3, -0.25) is 9.78 Å². The Hall–Kier alpha value is -2.64. The van der Waals surface area contributed by atoms with Crippen molar-refractivity contribution in [1.82, 2.24) is 9.97 Å². The average molecular weight is 350 g/mol. The number of nitrogens with zero attached hydrogens (tertiary/aromatic N) is 2. The van der Waals surface area contributed by atoms with Gasteiger partial charge in [0.15, 0.2) is 0 Å². The standard InChI is InChI=1S/C17H17F3N4O/c18-17(19,20)12-6-2-1-4-10(12)11-5-3-7-13(11)23-15-9-22-8-14(24-15)16(21)25/h1-2,4,6,8-9,11,13H,3,5,7H2,(H2,21,25)(H,23,24). The summed E-state index contributed by atoms with van der Waals surface area (Å²) in [5.74, 6) is -0.670. The molecule has 0 aliphatic heterocycles. The van der Waals surface area contributed by atoms with Gasteiger partial charge in [0.1, 0.15) is 11.5 Å². The number of benzene rings is 1. The van der Waals surface area contributed by atoms with E-state index in [0.29, 0.717) is 18.7 Å². The number of alkyl halides is 3. The largest absolute Gasteiger partial charge is 0.416 e. The molecule has 5 nitrogen and oxygen atoms in total. The third kappa shape index (κ3) is 3.72. The van der Waals surface area contributed by atoms with Crippen molar-refractivity contribution in [2.75, 3.05) is 5.32 Å². The van der Waals surface area contributed by atoms with E-state index >= 15 is 0 Å². The van der Waals surface area contributed by atoms with Gasteiger partial charge in [0.2, 0.25) is 0 Å². The summed E-state index contributed by atoms with van der Waals surface area (Å²) < 4.78 is 39.9. The third-order valence-corrected chi connectivity index (χ3v) is 4.40. The van der Waals surface area contributed by atoms with Crippen LogP contribution in [0.5, 0.6) is 0 Å². The highest BCUT2D eigenvalue weighted by Crippen LogP contribution is 2.42. The normalized spacial score (nSPS) is 20.4. The van der Waals surface area contributed by atoms with Crippen molar-refractivity contribution >= 4 is 11.7 Å². The molecule has 1 aliphatic carbocycles. The molecule has 0 saturated heterocycles. The molecule has 1 amide bonds. The van der Waals surface area contributed by atoms with Crippen molar-refractivity contribution in [1.29, 1.82) is 0 Å². The monoisotopic (exact) mass is 350 g/mol. The van der Waals surface area contributed by atoms with Crippen LogP contribution in [0.4, 0.5) is 19.0 Å². The van der Waals surface area contributed by atoms with Crippen molar-refractivity contribution in [3.8, 4) is 0 Å². The molecule has 1 aromatic carbocycles. The lowest BCUT2D eigenvalue weighted by molar-refractivity contribution is -0.138. The van der Waals surface area contributed by atoms with Crippen LogP contribution in [-0.4, -0.2) is 21.9 Å². The van der Waals surface area contributed by atoms with Gasteiger partial charge in [-0.1, -0.05) is 24.6 Å². The number of amides is 1. The summed E-state index contributed by atoms with van der Waals surface area (Å²) in [5, 5.41) is 3.11. The van der Waals surface area contributed by atoms with E-state index in [1.54, 1.807) is 6.07 Å². The van der Waals surface area contributed by atoms with Crippen LogP contribution in [0, 0.1) is 0 Å². The van der Waals surface area contributed by atoms with Crippen LogP contribution in [0.15, 0.2) is 36.7 Å². The lowest BCUT2D eigenvalue weighted by Crippen LogP contribution is -2.26. The van der Waals surface area contributed by atoms with Crippen molar-refractivity contribution in [2.24, 2.45) is 5.73 Å². The van der Waals surface area contributed by atoms with Gasteiger partial charge in [0.05, 0.1) is 18.0 Å². The number of rotatable bonds is 4. The van der Waals surface area contributed by atoms with Gasteiger partial charge in [-0.15, -0.1) is 0 Å². The molecule has 1 saturated carbocycles. The van der Waals surface area contributed by atoms with E-state index in [9.17, 15) is 18.0 Å². The number of nitrogens with one attached hydrogen (secondary N) is 1. The average Bonchev–Trinajstić information content (AvgIpc) is 3.02. The minimum Gasteiger partial charge on any atom is -0.365 e. The highest BCUT2D eigenvalue weighted by molar-refractivity contribution is 5.90. The van der Waals surface area contributed by atoms with E-state index in [1.807, 2.05) is 0 Å². The van der Waals surface area contributed by atoms with Crippen LogP contribution in [0.2, 0.25) is 0 Å². The van der Waals surface area contributed by atoms with E-state index in [0.717, 1.165) is 12.5 Å². The summed E-state index contributed by atoms with van der Waals surface area (Å²) in [6.07, 6.45) is 0.440. The Bertz CT molecular complexity index is 778. The fourth-order valence-corrected chi connectivity index (χ4v) is 3.33. The molecular formula is C17H17F3N4O. The Morgan fingerprint density at radius 2 is 1.96 bits per heavy atom. The van der Waals surface area contributed by atoms with E-state index in [1.165, 1.54) is 24.5 Å². The van der Waals surface area contributed by atoms with Crippen LogP contribution < -0.4 is 11.1 Å². The number of hydrogen-bond acceptors (Lipinski definition) is 4. The number of aromatic nitrogens is 2. The molecular weight excluding hydrogens is 333 g/mol. The Balaban J connectivity index is 1.87. The first-order chi connectivity index (χ1) is 11.9. The zero-order chi connectivity index (χ0) is 18.0. The molecule has 3 N–H and O–H groups in total. The summed E-state index contributed by atoms with van der Waals surface area (Å²) >= 11 is 0. The first kappa shape index (κ1) is 17.2. The zero-order valence-electron chi connectivity index (χ0n) is 13.3. The molecule has 2 unspecified atom stereocenters. The molecule has 0 radical (unpaired) electrons. The fourth-order valence-electron chi connectivity index (χ4n) is 3.33. The predicted molar refractivity (Wildman–Crippen MR) is 86.0 cm³/mol. The van der Waals surface area contributed by atoms with Crippen LogP contribution in [0.3, 0.4) is 0 Å². The molecule has 2 aromatic rings. The van der Waals surface area contributed by atoms with Gasteiger partial charge in [-0.05, 0) is 24.5 Å². The van der Waals surface area contributed by atoms with Crippen molar-refractivity contribution < 1.29 is 18.0 Å². The Morgan fingerprint density at radius 3 is 2.68 bits per heavy atom. The van der Waals surface area contributed by atoms with Crippen molar-refractivity contribution in [3.05, 3.63) is 53.5 Å². The number of carbonyl (C=O) groups is 1. The van der Waals surface area contributed by atoms with Gasteiger partial charge in [-0.25, -0.2) is 4.98 Å². The second kappa shape index (κ2) is 6.70. The highest BCUT2D eigenvalue weighted by atomic mass is 19.4. The molecule has 25 heavy (non-hydrogen) atoms. The van der Waals surface area contributed by atoms with Gasteiger partial charge >= 0.3 is 6.18 Å². The molecule has 1 fully saturated rings. The second-order valence-electron chi connectivity index (χ2n) is 6.03. The van der Waals surface area contributed by atoms with Crippen LogP contribution >= 0.6 is 0 Å². The second-order valence-corrected chi connectivity index (χ2v) is 6.03. The van der Waals surface area contributed by atoms with Gasteiger partial charge < -0.3 is 11.1 Å². The molecule has 0 bridgehead atoms. The molecule has 1 heterocycles. The van der Waals surface area contributed by atoms with Crippen molar-refractivity contribution in [3.63, 3.8) is 0 Å². The maximum absolute atomic E-state index is 13.3. The SMILES string of the molecule is NC(=O)c1cncc(NC2CCCC2c2ccccc2C(F)(F)F)n1. The summed E-state index contributed by atoms with van der Waals surface area (Å²) in [6, 6.07) is 5.43. The molecule has 3 rings (SSSR count). The highest BCUT2D eigenvalue weighted by Gasteiger charge is 2.38. The number of primary amides is 1.